The Morgan fingerprint density at radius 3 is 2.33 bits per heavy atom. The maximum atomic E-state index is 13.8. The number of nitrogens with one attached hydrogen (secondary N) is 1. The van der Waals surface area contributed by atoms with E-state index in [0.717, 1.165) is 36.6 Å². The number of halogens is 6. The van der Waals surface area contributed by atoms with Gasteiger partial charge < -0.3 is 15.5 Å². The summed E-state index contributed by atoms with van der Waals surface area (Å²) in [6.07, 6.45) is 0.581. The number of aromatic hydroxyl groups is 1. The third-order valence-corrected chi connectivity index (χ3v) is 5.99. The summed E-state index contributed by atoms with van der Waals surface area (Å²) in [5, 5.41) is 25.3. The molecule has 0 unspecified atom stereocenters. The van der Waals surface area contributed by atoms with E-state index in [9.17, 15) is 26.7 Å². The molecule has 1 heterocycles. The molecule has 1 saturated carbocycles. The van der Waals surface area contributed by atoms with Crippen LogP contribution in [0.15, 0.2) is 36.5 Å². The topological polar surface area (TPSA) is 104 Å². The van der Waals surface area contributed by atoms with E-state index in [0.29, 0.717) is 23.7 Å². The molecule has 1 fully saturated rings. The van der Waals surface area contributed by atoms with Gasteiger partial charge in [0.15, 0.2) is 11.6 Å². The van der Waals surface area contributed by atoms with Gasteiger partial charge in [-0.2, -0.15) is 18.3 Å². The van der Waals surface area contributed by atoms with Crippen molar-refractivity contribution in [2.45, 2.75) is 37.9 Å². The lowest BCUT2D eigenvalue weighted by molar-refractivity contribution is -0.192. The highest BCUT2D eigenvalue weighted by Gasteiger charge is 2.38. The number of carbonyl (C=O) groups is 2. The number of rotatable bonds is 4. The van der Waals surface area contributed by atoms with E-state index < -0.39 is 41.0 Å². The summed E-state index contributed by atoms with van der Waals surface area (Å²) < 4.78 is 60.9. The number of carbonyl (C=O) groups excluding carboxylic acids is 1. The zero-order valence-electron chi connectivity index (χ0n) is 18.5. The fourth-order valence-corrected chi connectivity index (χ4v) is 4.02. The van der Waals surface area contributed by atoms with Crippen molar-refractivity contribution < 1.29 is 41.8 Å². The molecule has 0 radical (unpaired) electrons. The molecule has 0 bridgehead atoms. The van der Waals surface area contributed by atoms with Gasteiger partial charge in [0, 0.05) is 29.2 Å². The normalized spacial score (nSPS) is 17.8. The summed E-state index contributed by atoms with van der Waals surface area (Å²) in [5.41, 5.74) is 0.464. The van der Waals surface area contributed by atoms with Crippen LogP contribution in [0.1, 0.15) is 42.1 Å². The van der Waals surface area contributed by atoms with E-state index in [-0.39, 0.29) is 12.0 Å². The first kappa shape index (κ1) is 27.2. The second-order valence-corrected chi connectivity index (χ2v) is 8.72. The smallest absolute Gasteiger partial charge is 0.490 e. The van der Waals surface area contributed by atoms with Gasteiger partial charge in [-0.15, -0.1) is 0 Å². The van der Waals surface area contributed by atoms with Crippen LogP contribution in [-0.2, 0) is 4.79 Å². The summed E-state index contributed by atoms with van der Waals surface area (Å²) in [5.74, 6) is -5.96. The summed E-state index contributed by atoms with van der Waals surface area (Å²) in [6.45, 7) is 0.393. The lowest BCUT2D eigenvalue weighted by atomic mass is 9.86. The third-order valence-electron chi connectivity index (χ3n) is 5.75. The Hall–Kier alpha value is -3.41. The lowest BCUT2D eigenvalue weighted by Gasteiger charge is -2.28. The summed E-state index contributed by atoms with van der Waals surface area (Å²) >= 11 is 6.02. The van der Waals surface area contributed by atoms with Crippen molar-refractivity contribution in [3.05, 3.63) is 58.7 Å². The first-order valence-corrected chi connectivity index (χ1v) is 11.1. The zero-order valence-corrected chi connectivity index (χ0v) is 19.3. The number of hydrogen-bond donors (Lipinski definition) is 3. The van der Waals surface area contributed by atoms with Gasteiger partial charge in [0.25, 0.3) is 5.91 Å². The number of alkyl halides is 3. The maximum Gasteiger partial charge on any atom is 0.490 e. The Morgan fingerprint density at radius 1 is 1.08 bits per heavy atom. The number of hydrogen-bond acceptors (Lipinski definition) is 4. The van der Waals surface area contributed by atoms with E-state index in [1.807, 2.05) is 29.1 Å². The van der Waals surface area contributed by atoms with Crippen LogP contribution in [0.4, 0.5) is 22.0 Å². The van der Waals surface area contributed by atoms with Gasteiger partial charge in [-0.1, -0.05) is 11.6 Å². The molecule has 0 atom stereocenters. The van der Waals surface area contributed by atoms with E-state index in [4.69, 9.17) is 26.6 Å². The molecule has 13 heteroatoms. The SMILES string of the molecule is O=C(NCC1CCC(n2cc3ccc(Cl)cc3n2)CC1)c1cc(F)c(O)cc1F.O=C(O)C(F)(F)F. The number of nitrogens with zero attached hydrogens (tertiary/aromatic N) is 2. The molecule has 194 valence electrons. The quantitative estimate of drug-likeness (QED) is 0.386. The molecule has 7 nitrogen and oxygen atoms in total. The van der Waals surface area contributed by atoms with E-state index in [1.54, 1.807) is 0 Å². The predicted octanol–water partition coefficient (Wildman–Crippen LogP) is 5.47. The number of phenols is 1. The number of phenolic OH excluding ortho intramolecular Hbond substituents is 1. The van der Waals surface area contributed by atoms with Crippen LogP contribution >= 0.6 is 11.6 Å². The van der Waals surface area contributed by atoms with Crippen molar-refractivity contribution in [1.29, 1.82) is 0 Å². The number of carboxylic acid groups (broad SMARTS) is 1. The summed E-state index contributed by atoms with van der Waals surface area (Å²) in [6, 6.07) is 7.25. The highest BCUT2D eigenvalue weighted by Crippen LogP contribution is 2.33. The van der Waals surface area contributed by atoms with Crippen molar-refractivity contribution in [1.82, 2.24) is 15.1 Å². The molecule has 0 saturated heterocycles. The standard InChI is InChI=1S/C21H20ClF2N3O2.C2HF3O2/c22-14-4-3-13-11-27(26-19(13)7-14)15-5-1-12(2-6-15)10-25-21(29)16-8-18(24)20(28)9-17(16)23;3-2(4,5)1(6)7/h3-4,7-9,11-12,15,28H,1-2,5-6,10H2,(H,25,29);(H,6,7). The number of amides is 1. The molecule has 1 aromatic heterocycles. The molecule has 1 aliphatic carbocycles. The fraction of sp³-hybridized carbons (Fsp3) is 0.348. The highest BCUT2D eigenvalue weighted by atomic mass is 35.5. The number of aromatic nitrogens is 2. The van der Waals surface area contributed by atoms with Crippen LogP contribution in [0.2, 0.25) is 5.02 Å². The lowest BCUT2D eigenvalue weighted by Crippen LogP contribution is -2.32. The van der Waals surface area contributed by atoms with Crippen molar-refractivity contribution in [3.63, 3.8) is 0 Å². The molecular weight excluding hydrogens is 513 g/mol. The van der Waals surface area contributed by atoms with Gasteiger partial charge in [0.2, 0.25) is 0 Å². The zero-order chi connectivity index (χ0) is 26.6. The second-order valence-electron chi connectivity index (χ2n) is 8.28. The van der Waals surface area contributed by atoms with Gasteiger partial charge in [-0.25, -0.2) is 13.6 Å². The molecule has 36 heavy (non-hydrogen) atoms. The average Bonchev–Trinajstić information content (AvgIpc) is 3.23. The Bertz CT molecular complexity index is 1260. The molecular formula is C23H21ClF5N3O4. The largest absolute Gasteiger partial charge is 0.505 e. The summed E-state index contributed by atoms with van der Waals surface area (Å²) in [4.78, 5) is 21.1. The second kappa shape index (κ2) is 11.1. The van der Waals surface area contributed by atoms with E-state index in [2.05, 4.69) is 10.4 Å². The molecule has 4 rings (SSSR count). The molecule has 1 amide bonds. The van der Waals surface area contributed by atoms with Crippen molar-refractivity contribution in [2.24, 2.45) is 5.92 Å². The Morgan fingerprint density at radius 2 is 1.72 bits per heavy atom. The van der Waals surface area contributed by atoms with Crippen LogP contribution in [0.3, 0.4) is 0 Å². The predicted molar refractivity (Wildman–Crippen MR) is 120 cm³/mol. The molecule has 1 aliphatic rings. The Labute approximate surface area is 206 Å². The Balaban J connectivity index is 0.000000454. The van der Waals surface area contributed by atoms with Crippen LogP contribution in [-0.4, -0.2) is 44.6 Å². The van der Waals surface area contributed by atoms with Crippen LogP contribution < -0.4 is 5.32 Å². The number of fused-ring (bicyclic) bond motifs is 1. The first-order chi connectivity index (χ1) is 16.8. The van der Waals surface area contributed by atoms with Crippen LogP contribution in [0.5, 0.6) is 5.75 Å². The van der Waals surface area contributed by atoms with Crippen molar-refractivity contribution in [3.8, 4) is 5.75 Å². The van der Waals surface area contributed by atoms with E-state index >= 15 is 0 Å². The van der Waals surface area contributed by atoms with Crippen LogP contribution in [0.25, 0.3) is 10.9 Å². The maximum absolute atomic E-state index is 13.8. The summed E-state index contributed by atoms with van der Waals surface area (Å²) in [7, 11) is 0. The number of carboxylic acids is 1. The van der Waals surface area contributed by atoms with Gasteiger partial charge in [-0.05, 0) is 55.9 Å². The molecule has 3 aromatic rings. The average molecular weight is 534 g/mol. The highest BCUT2D eigenvalue weighted by molar-refractivity contribution is 6.31. The minimum atomic E-state index is -5.08. The van der Waals surface area contributed by atoms with Crippen molar-refractivity contribution in [2.75, 3.05) is 6.54 Å². The minimum absolute atomic E-state index is 0.264. The van der Waals surface area contributed by atoms with E-state index in [1.165, 1.54) is 0 Å². The molecule has 0 spiro atoms. The Kier molecular flexibility index (Phi) is 8.39. The van der Waals surface area contributed by atoms with Gasteiger partial charge in [0.1, 0.15) is 5.82 Å². The number of benzene rings is 2. The van der Waals surface area contributed by atoms with Crippen molar-refractivity contribution >= 4 is 34.4 Å². The number of aliphatic carboxylic acids is 1. The fourth-order valence-electron chi connectivity index (χ4n) is 3.85. The third kappa shape index (κ3) is 6.84. The first-order valence-electron chi connectivity index (χ1n) is 10.8. The molecule has 2 aromatic carbocycles. The monoisotopic (exact) mass is 533 g/mol. The minimum Gasteiger partial charge on any atom is -0.505 e. The molecule has 0 aliphatic heterocycles. The van der Waals surface area contributed by atoms with Crippen LogP contribution in [0, 0.1) is 17.6 Å². The van der Waals surface area contributed by atoms with Gasteiger partial charge in [-0.3, -0.25) is 9.48 Å². The molecule has 3 N–H and O–H groups in total. The van der Waals surface area contributed by atoms with Gasteiger partial charge in [0.05, 0.1) is 17.1 Å². The van der Waals surface area contributed by atoms with Gasteiger partial charge >= 0.3 is 12.1 Å².